The molecular weight excluding hydrogens is 319 g/mol. The van der Waals surface area contributed by atoms with Gasteiger partial charge in [0.15, 0.2) is 0 Å². The molecule has 1 aromatic carbocycles. The van der Waals surface area contributed by atoms with Crippen molar-refractivity contribution >= 4 is 10.1 Å². The van der Waals surface area contributed by atoms with Gasteiger partial charge in [-0.3, -0.25) is 9.17 Å². The van der Waals surface area contributed by atoms with E-state index in [-0.39, 0.29) is 6.61 Å². The van der Waals surface area contributed by atoms with E-state index >= 15 is 0 Å². The monoisotopic (exact) mass is 331 g/mol. The van der Waals surface area contributed by atoms with Crippen molar-refractivity contribution in [2.24, 2.45) is 0 Å². The van der Waals surface area contributed by atoms with Crippen molar-refractivity contribution in [2.45, 2.75) is 12.8 Å². The van der Waals surface area contributed by atoms with Crippen molar-refractivity contribution in [2.75, 3.05) is 6.26 Å². The Hall–Kier alpha value is -1.93. The summed E-state index contributed by atoms with van der Waals surface area (Å²) in [5, 5.41) is 0. The molecule has 1 heterocycles. The highest BCUT2D eigenvalue weighted by molar-refractivity contribution is 7.85. The lowest BCUT2D eigenvalue weighted by Gasteiger charge is -2.07. The van der Waals surface area contributed by atoms with Crippen LogP contribution in [0.4, 0.5) is 13.2 Å². The summed E-state index contributed by atoms with van der Waals surface area (Å²) in [6.45, 7) is -0.0977. The highest BCUT2D eigenvalue weighted by Crippen LogP contribution is 2.29. The zero-order chi connectivity index (χ0) is 16.4. The van der Waals surface area contributed by atoms with Crippen LogP contribution < -0.4 is 0 Å². The first kappa shape index (κ1) is 16.4. The van der Waals surface area contributed by atoms with E-state index in [2.05, 4.69) is 9.17 Å². The molecule has 1 aromatic heterocycles. The topological polar surface area (TPSA) is 56.3 Å². The first-order valence-corrected chi connectivity index (χ1v) is 7.94. The van der Waals surface area contributed by atoms with Crippen molar-refractivity contribution in [1.82, 2.24) is 4.98 Å². The molecule has 118 valence electrons. The first-order chi connectivity index (χ1) is 10.1. The summed E-state index contributed by atoms with van der Waals surface area (Å²) in [5.41, 5.74) is 0.830. The SMILES string of the molecule is CS(=O)(=O)OCc1ccc(-c2ccc(C(F)(F)F)cn2)cc1. The van der Waals surface area contributed by atoms with Crippen LogP contribution in [0.15, 0.2) is 42.6 Å². The number of nitrogens with zero attached hydrogens (tertiary/aromatic N) is 1. The number of alkyl halides is 3. The quantitative estimate of drug-likeness (QED) is 0.807. The predicted octanol–water partition coefficient (Wildman–Crippen LogP) is 3.24. The van der Waals surface area contributed by atoms with E-state index in [0.29, 0.717) is 16.8 Å². The van der Waals surface area contributed by atoms with Crippen LogP contribution in [-0.2, 0) is 27.1 Å². The van der Waals surface area contributed by atoms with Crippen molar-refractivity contribution in [3.05, 3.63) is 53.7 Å². The molecule has 2 rings (SSSR count). The van der Waals surface area contributed by atoms with Crippen molar-refractivity contribution in [1.29, 1.82) is 0 Å². The molecule has 0 saturated heterocycles. The molecular formula is C14H12F3NO3S. The van der Waals surface area contributed by atoms with Gasteiger partial charge in [-0.1, -0.05) is 24.3 Å². The van der Waals surface area contributed by atoms with Crippen LogP contribution in [0.2, 0.25) is 0 Å². The fourth-order valence-electron chi connectivity index (χ4n) is 1.68. The third-order valence-electron chi connectivity index (χ3n) is 2.78. The average molecular weight is 331 g/mol. The zero-order valence-electron chi connectivity index (χ0n) is 11.5. The summed E-state index contributed by atoms with van der Waals surface area (Å²) in [4.78, 5) is 3.78. The van der Waals surface area contributed by atoms with E-state index in [1.807, 2.05) is 0 Å². The molecule has 0 bridgehead atoms. The van der Waals surface area contributed by atoms with Gasteiger partial charge in [0.05, 0.1) is 24.1 Å². The first-order valence-electron chi connectivity index (χ1n) is 6.12. The number of benzene rings is 1. The van der Waals surface area contributed by atoms with Crippen LogP contribution in [-0.4, -0.2) is 19.7 Å². The van der Waals surface area contributed by atoms with E-state index in [1.54, 1.807) is 24.3 Å². The van der Waals surface area contributed by atoms with Gasteiger partial charge >= 0.3 is 6.18 Å². The Kier molecular flexibility index (Phi) is 4.52. The Labute approximate surface area is 125 Å². The fraction of sp³-hybridized carbons (Fsp3) is 0.214. The number of rotatable bonds is 4. The van der Waals surface area contributed by atoms with E-state index in [9.17, 15) is 21.6 Å². The van der Waals surface area contributed by atoms with Gasteiger partial charge in [-0.15, -0.1) is 0 Å². The minimum Gasteiger partial charge on any atom is -0.265 e. The lowest BCUT2D eigenvalue weighted by Crippen LogP contribution is -2.05. The van der Waals surface area contributed by atoms with E-state index in [0.717, 1.165) is 18.5 Å². The summed E-state index contributed by atoms with van der Waals surface area (Å²) in [5.74, 6) is 0. The Morgan fingerprint density at radius 2 is 1.73 bits per heavy atom. The second kappa shape index (κ2) is 6.05. The number of pyridine rings is 1. The summed E-state index contributed by atoms with van der Waals surface area (Å²) in [6.07, 6.45) is -2.69. The van der Waals surface area contributed by atoms with Gasteiger partial charge in [0.2, 0.25) is 0 Å². The molecule has 0 radical (unpaired) electrons. The van der Waals surface area contributed by atoms with Gasteiger partial charge in [-0.2, -0.15) is 21.6 Å². The van der Waals surface area contributed by atoms with Gasteiger partial charge in [0.25, 0.3) is 10.1 Å². The molecule has 0 N–H and O–H groups in total. The molecule has 4 nitrogen and oxygen atoms in total. The molecule has 0 atom stereocenters. The summed E-state index contributed by atoms with van der Waals surface area (Å²) >= 11 is 0. The summed E-state index contributed by atoms with van der Waals surface area (Å²) < 4.78 is 63.8. The lowest BCUT2D eigenvalue weighted by molar-refractivity contribution is -0.137. The Bertz CT molecular complexity index is 738. The standard InChI is InChI=1S/C14H12F3NO3S/c1-22(19,20)21-9-10-2-4-11(5-3-10)13-7-6-12(8-18-13)14(15,16)17/h2-8H,9H2,1H3. The molecule has 0 unspecified atom stereocenters. The second-order valence-electron chi connectivity index (χ2n) is 4.59. The van der Waals surface area contributed by atoms with Gasteiger partial charge < -0.3 is 0 Å². The molecule has 0 spiro atoms. The van der Waals surface area contributed by atoms with Crippen LogP contribution in [0.1, 0.15) is 11.1 Å². The molecule has 0 fully saturated rings. The van der Waals surface area contributed by atoms with E-state index in [4.69, 9.17) is 0 Å². The Morgan fingerprint density at radius 1 is 1.09 bits per heavy atom. The van der Waals surface area contributed by atoms with Gasteiger partial charge in [-0.25, -0.2) is 0 Å². The van der Waals surface area contributed by atoms with Gasteiger partial charge in [0, 0.05) is 11.8 Å². The lowest BCUT2D eigenvalue weighted by atomic mass is 10.1. The average Bonchev–Trinajstić information content (AvgIpc) is 2.44. The maximum Gasteiger partial charge on any atom is 0.417 e. The minimum absolute atomic E-state index is 0.0977. The highest BCUT2D eigenvalue weighted by atomic mass is 32.2. The molecule has 0 aliphatic carbocycles. The van der Waals surface area contributed by atoms with Crippen LogP contribution >= 0.6 is 0 Å². The van der Waals surface area contributed by atoms with Crippen LogP contribution in [0.25, 0.3) is 11.3 Å². The predicted molar refractivity (Wildman–Crippen MR) is 74.3 cm³/mol. The Balaban J connectivity index is 2.13. The second-order valence-corrected chi connectivity index (χ2v) is 6.24. The summed E-state index contributed by atoms with van der Waals surface area (Å²) in [7, 11) is -3.52. The molecule has 0 saturated carbocycles. The van der Waals surface area contributed by atoms with Crippen LogP contribution in [0.5, 0.6) is 0 Å². The largest absolute Gasteiger partial charge is 0.417 e. The molecule has 0 amide bonds. The van der Waals surface area contributed by atoms with E-state index in [1.165, 1.54) is 6.07 Å². The van der Waals surface area contributed by atoms with Crippen molar-refractivity contribution in [3.63, 3.8) is 0 Å². The number of hydrogen-bond acceptors (Lipinski definition) is 4. The zero-order valence-corrected chi connectivity index (χ0v) is 12.3. The molecule has 2 aromatic rings. The van der Waals surface area contributed by atoms with E-state index < -0.39 is 21.9 Å². The minimum atomic E-state index is -4.42. The maximum atomic E-state index is 12.5. The fourth-order valence-corrected chi connectivity index (χ4v) is 2.03. The molecule has 0 aliphatic heterocycles. The maximum absolute atomic E-state index is 12.5. The van der Waals surface area contributed by atoms with Crippen LogP contribution in [0.3, 0.4) is 0 Å². The Morgan fingerprint density at radius 3 is 2.18 bits per heavy atom. The molecule has 8 heteroatoms. The number of halogens is 3. The summed E-state index contributed by atoms with van der Waals surface area (Å²) in [6, 6.07) is 8.76. The normalized spacial score (nSPS) is 12.4. The third kappa shape index (κ3) is 4.54. The molecule has 0 aliphatic rings. The smallest absolute Gasteiger partial charge is 0.265 e. The number of aromatic nitrogens is 1. The van der Waals surface area contributed by atoms with Crippen LogP contribution in [0, 0.1) is 0 Å². The van der Waals surface area contributed by atoms with Crippen molar-refractivity contribution in [3.8, 4) is 11.3 Å². The number of hydrogen-bond donors (Lipinski definition) is 0. The highest BCUT2D eigenvalue weighted by Gasteiger charge is 2.30. The molecule has 22 heavy (non-hydrogen) atoms. The van der Waals surface area contributed by atoms with Crippen molar-refractivity contribution < 1.29 is 25.8 Å². The van der Waals surface area contributed by atoms with Gasteiger partial charge in [0.1, 0.15) is 0 Å². The van der Waals surface area contributed by atoms with Gasteiger partial charge in [-0.05, 0) is 17.7 Å². The third-order valence-corrected chi connectivity index (χ3v) is 3.33.